The van der Waals surface area contributed by atoms with E-state index in [1.165, 1.54) is 23.9 Å². The lowest BCUT2D eigenvalue weighted by Gasteiger charge is -2.40. The van der Waals surface area contributed by atoms with Gasteiger partial charge in [0.1, 0.15) is 17.4 Å². The number of thioether (sulfide) groups is 1. The molecule has 8 heteroatoms. The van der Waals surface area contributed by atoms with Gasteiger partial charge in [0, 0.05) is 26.2 Å². The Kier molecular flexibility index (Phi) is 6.74. The van der Waals surface area contributed by atoms with Gasteiger partial charge in [-0.25, -0.2) is 8.78 Å². The maximum Gasteiger partial charge on any atom is 0.128 e. The molecular weight excluding hydrogens is 396 g/mol. The van der Waals surface area contributed by atoms with Gasteiger partial charge in [-0.1, -0.05) is 0 Å². The van der Waals surface area contributed by atoms with Crippen molar-refractivity contribution >= 4 is 33.8 Å². The van der Waals surface area contributed by atoms with Gasteiger partial charge < -0.3 is 9.29 Å². The van der Waals surface area contributed by atoms with Crippen LogP contribution < -0.4 is 5.14 Å². The van der Waals surface area contributed by atoms with Crippen LogP contribution in [0, 0.1) is 11.6 Å². The van der Waals surface area contributed by atoms with Gasteiger partial charge in [0.15, 0.2) is 0 Å². The number of halogens is 2. The third-order valence-electron chi connectivity index (χ3n) is 4.52. The van der Waals surface area contributed by atoms with Gasteiger partial charge in [-0.3, -0.25) is 5.14 Å². The second-order valence-corrected chi connectivity index (χ2v) is 9.14. The molecule has 0 bridgehead atoms. The molecule has 0 saturated heterocycles. The van der Waals surface area contributed by atoms with Crippen molar-refractivity contribution in [1.29, 1.82) is 0 Å². The van der Waals surface area contributed by atoms with Gasteiger partial charge in [-0.2, -0.15) is 0 Å². The smallest absolute Gasteiger partial charge is 0.128 e. The number of hydrogen-bond acceptors (Lipinski definition) is 6. The SMILES string of the molecule is NSSOC1CCC(Sc2ccc(O)cc2)(c2cc(F)ccc2F)CC1. The number of phenols is 1. The number of benzene rings is 2. The largest absolute Gasteiger partial charge is 0.508 e. The summed E-state index contributed by atoms with van der Waals surface area (Å²) in [5.74, 6) is -0.668. The Bertz CT molecular complexity index is 738. The number of rotatable bonds is 6. The summed E-state index contributed by atoms with van der Waals surface area (Å²) in [6.45, 7) is 0. The summed E-state index contributed by atoms with van der Waals surface area (Å²) in [6.07, 6.45) is 2.81. The molecule has 140 valence electrons. The number of phenolic OH excluding ortho intramolecular Hbond substituents is 1. The molecule has 1 aliphatic carbocycles. The van der Waals surface area contributed by atoms with Crippen molar-refractivity contribution in [2.45, 2.75) is 41.4 Å². The van der Waals surface area contributed by atoms with E-state index < -0.39 is 16.4 Å². The Hall–Kier alpha value is -0.930. The first kappa shape index (κ1) is 19.8. The lowest BCUT2D eigenvalue weighted by Crippen LogP contribution is -2.32. The van der Waals surface area contributed by atoms with E-state index in [0.29, 0.717) is 18.4 Å². The normalized spacial score (nSPS) is 23.1. The molecule has 0 heterocycles. The van der Waals surface area contributed by atoms with Gasteiger partial charge in [0.25, 0.3) is 0 Å². The van der Waals surface area contributed by atoms with Crippen LogP contribution in [0.15, 0.2) is 47.4 Å². The third kappa shape index (κ3) is 4.67. The van der Waals surface area contributed by atoms with Crippen LogP contribution in [0.3, 0.4) is 0 Å². The maximum absolute atomic E-state index is 14.6. The average molecular weight is 416 g/mol. The molecule has 2 aromatic rings. The Balaban J connectivity index is 1.89. The van der Waals surface area contributed by atoms with Crippen LogP contribution >= 0.6 is 33.8 Å². The highest BCUT2D eigenvalue weighted by atomic mass is 33.1. The fourth-order valence-corrected chi connectivity index (χ4v) is 5.49. The Labute approximate surface area is 163 Å². The average Bonchev–Trinajstić information content (AvgIpc) is 2.65. The lowest BCUT2D eigenvalue weighted by atomic mass is 9.81. The molecule has 0 unspecified atom stereocenters. The summed E-state index contributed by atoms with van der Waals surface area (Å²) in [4.78, 5) is 0.901. The van der Waals surface area contributed by atoms with Gasteiger partial charge in [0.05, 0.1) is 17.2 Å². The molecule has 1 fully saturated rings. The number of hydrogen-bond donors (Lipinski definition) is 2. The van der Waals surface area contributed by atoms with Gasteiger partial charge >= 0.3 is 0 Å². The maximum atomic E-state index is 14.6. The van der Waals surface area contributed by atoms with E-state index in [9.17, 15) is 13.9 Å². The Morgan fingerprint density at radius 2 is 1.77 bits per heavy atom. The van der Waals surface area contributed by atoms with E-state index in [-0.39, 0.29) is 11.9 Å². The predicted octanol–water partition coefficient (Wildman–Crippen LogP) is 5.79. The highest BCUT2D eigenvalue weighted by molar-refractivity contribution is 8.74. The topological polar surface area (TPSA) is 55.5 Å². The molecule has 0 spiro atoms. The number of aromatic hydroxyl groups is 1. The van der Waals surface area contributed by atoms with E-state index in [0.717, 1.165) is 45.9 Å². The molecule has 0 atom stereocenters. The molecule has 0 aromatic heterocycles. The summed E-state index contributed by atoms with van der Waals surface area (Å²) >= 11 is 2.66. The Morgan fingerprint density at radius 1 is 1.08 bits per heavy atom. The van der Waals surface area contributed by atoms with E-state index >= 15 is 0 Å². The molecule has 3 nitrogen and oxygen atoms in total. The highest BCUT2D eigenvalue weighted by Crippen LogP contribution is 2.53. The molecule has 1 aliphatic rings. The predicted molar refractivity (Wildman–Crippen MR) is 105 cm³/mol. The van der Waals surface area contributed by atoms with Crippen molar-refractivity contribution in [3.05, 3.63) is 59.7 Å². The van der Waals surface area contributed by atoms with Crippen LogP contribution in [0.4, 0.5) is 8.78 Å². The minimum Gasteiger partial charge on any atom is -0.508 e. The van der Waals surface area contributed by atoms with Crippen molar-refractivity contribution in [3.8, 4) is 5.75 Å². The van der Waals surface area contributed by atoms with Crippen molar-refractivity contribution in [2.24, 2.45) is 5.14 Å². The zero-order valence-corrected chi connectivity index (χ0v) is 16.3. The second kappa shape index (κ2) is 8.84. The van der Waals surface area contributed by atoms with Crippen LogP contribution in [0.2, 0.25) is 0 Å². The number of nitrogens with two attached hydrogens (primary N) is 1. The monoisotopic (exact) mass is 415 g/mol. The first-order valence-corrected chi connectivity index (χ1v) is 11.1. The fourth-order valence-electron chi connectivity index (χ4n) is 3.24. The van der Waals surface area contributed by atoms with Crippen molar-refractivity contribution in [1.82, 2.24) is 0 Å². The second-order valence-electron chi connectivity index (χ2n) is 6.17. The molecule has 0 radical (unpaired) electrons. The van der Waals surface area contributed by atoms with Crippen LogP contribution in [0.25, 0.3) is 0 Å². The first-order valence-electron chi connectivity index (χ1n) is 8.15. The molecule has 2 aromatic carbocycles. The summed E-state index contributed by atoms with van der Waals surface area (Å²) in [6, 6.07) is 10.4. The minimum atomic E-state index is -0.580. The summed E-state index contributed by atoms with van der Waals surface area (Å²) in [7, 11) is 1.06. The Morgan fingerprint density at radius 3 is 2.42 bits per heavy atom. The van der Waals surface area contributed by atoms with E-state index in [2.05, 4.69) is 0 Å². The van der Waals surface area contributed by atoms with Gasteiger partial charge in [-0.15, -0.1) is 11.8 Å². The molecular formula is C18H19F2NO2S3. The summed E-state index contributed by atoms with van der Waals surface area (Å²) < 4.78 is 33.5. The fraction of sp³-hybridized carbons (Fsp3) is 0.333. The summed E-state index contributed by atoms with van der Waals surface area (Å²) in [5, 5.41) is 14.9. The first-order chi connectivity index (χ1) is 12.5. The van der Waals surface area contributed by atoms with Crippen LogP contribution in [-0.4, -0.2) is 11.2 Å². The molecule has 26 heavy (non-hydrogen) atoms. The highest BCUT2D eigenvalue weighted by Gasteiger charge is 2.40. The van der Waals surface area contributed by atoms with E-state index in [1.54, 1.807) is 24.3 Å². The molecule has 3 rings (SSSR count). The molecule has 0 aliphatic heterocycles. The third-order valence-corrected chi connectivity index (χ3v) is 6.95. The van der Waals surface area contributed by atoms with Crippen LogP contribution in [0.5, 0.6) is 5.75 Å². The van der Waals surface area contributed by atoms with Crippen molar-refractivity contribution in [3.63, 3.8) is 0 Å². The quantitative estimate of drug-likeness (QED) is 0.354. The zero-order chi connectivity index (χ0) is 18.6. The van der Waals surface area contributed by atoms with Crippen LogP contribution in [-0.2, 0) is 8.93 Å². The lowest BCUT2D eigenvalue weighted by molar-refractivity contribution is 0.168. The van der Waals surface area contributed by atoms with E-state index in [1.807, 2.05) is 0 Å². The zero-order valence-electron chi connectivity index (χ0n) is 13.9. The molecule has 0 amide bonds. The van der Waals surface area contributed by atoms with Crippen molar-refractivity contribution < 1.29 is 18.1 Å². The molecule has 3 N–H and O–H groups in total. The molecule has 1 saturated carbocycles. The van der Waals surface area contributed by atoms with Gasteiger partial charge in [0.2, 0.25) is 0 Å². The van der Waals surface area contributed by atoms with E-state index in [4.69, 9.17) is 9.32 Å². The standard InChI is InChI=1S/C18H19F2NO2S3/c19-12-1-6-17(20)16(11-12)18(24-15-4-2-13(22)3-5-15)9-7-14(8-10-18)23-26-25-21/h1-6,11,14,22H,7-10,21H2. The van der Waals surface area contributed by atoms with Crippen molar-refractivity contribution in [2.75, 3.05) is 0 Å². The summed E-state index contributed by atoms with van der Waals surface area (Å²) in [5.41, 5.74) is 0.384. The van der Waals surface area contributed by atoms with Crippen LogP contribution in [0.1, 0.15) is 31.2 Å². The minimum absolute atomic E-state index is 0.0428. The van der Waals surface area contributed by atoms with Gasteiger partial charge in [-0.05, 0) is 68.1 Å².